The third kappa shape index (κ3) is 7.88. The Balaban J connectivity index is 1.60. The maximum atomic E-state index is 15.9. The second-order valence-corrected chi connectivity index (χ2v) is 13.3. The number of alkyl halides is 7. The third-order valence-corrected chi connectivity index (χ3v) is 9.25. The number of aliphatic carboxylic acids is 1. The van der Waals surface area contributed by atoms with Crippen LogP contribution in [0.25, 0.3) is 11.1 Å². The SMILES string of the molecule is Cc1cc(Cl)cc2c1-c1cc(c(F)c(C(F)(F)F)c1)[C@H](CC(=O)O)NC(=O)[C@H](n1cc(CCN3CC(F)C3)c(C(F)(F)F)cc1=O)c1cccc(c1)O2. The summed E-state index contributed by atoms with van der Waals surface area (Å²) < 4.78 is 122. The van der Waals surface area contributed by atoms with E-state index in [1.165, 1.54) is 43.3 Å². The van der Waals surface area contributed by atoms with Gasteiger partial charge in [0, 0.05) is 54.1 Å². The van der Waals surface area contributed by atoms with Crippen molar-refractivity contribution < 1.29 is 54.6 Å². The number of likely N-dealkylation sites (tertiary alicyclic amines) is 1. The first-order valence-electron chi connectivity index (χ1n) is 16.0. The Kier molecular flexibility index (Phi) is 10.1. The smallest absolute Gasteiger partial charge is 0.419 e. The zero-order chi connectivity index (χ0) is 38.6. The summed E-state index contributed by atoms with van der Waals surface area (Å²) in [5.74, 6) is -4.96. The van der Waals surface area contributed by atoms with Crippen LogP contribution in [0.3, 0.4) is 0 Å². The van der Waals surface area contributed by atoms with Gasteiger partial charge < -0.3 is 15.2 Å². The molecule has 53 heavy (non-hydrogen) atoms. The van der Waals surface area contributed by atoms with Gasteiger partial charge in [-0.05, 0) is 65.9 Å². The van der Waals surface area contributed by atoms with Gasteiger partial charge in [0.2, 0.25) is 5.91 Å². The van der Waals surface area contributed by atoms with Crippen LogP contribution >= 0.6 is 11.6 Å². The Labute approximate surface area is 300 Å². The molecule has 2 aliphatic heterocycles. The number of nitrogens with zero attached hydrogens (tertiary/aromatic N) is 2. The number of amides is 1. The zero-order valence-corrected chi connectivity index (χ0v) is 28.2. The average molecular weight is 770 g/mol. The first-order valence-corrected chi connectivity index (χ1v) is 16.4. The van der Waals surface area contributed by atoms with Gasteiger partial charge in [0.05, 0.1) is 23.6 Å². The second-order valence-electron chi connectivity index (χ2n) is 12.8. The maximum Gasteiger partial charge on any atom is 0.419 e. The minimum atomic E-state index is -5.30. The molecule has 2 N–H and O–H groups in total. The number of carboxylic acid groups (broad SMARTS) is 1. The van der Waals surface area contributed by atoms with Crippen molar-refractivity contribution in [1.82, 2.24) is 14.8 Å². The zero-order valence-electron chi connectivity index (χ0n) is 27.4. The number of hydrogen-bond acceptors (Lipinski definition) is 5. The molecule has 6 rings (SSSR count). The standard InChI is InChI=1S/C36H28ClF8N3O5/c1-17-7-21(37)11-28-31(17)20-9-24(32(39)26(10-20)36(43,44)45)27(13-30(50)51)46-34(52)33(18-3-2-4-23(8-18)53-28)48-14-19(5-6-47-15-22(38)16-47)25(12-29(48)49)35(40,41)42/h2-4,7-12,14,22,27,33H,5-6,13,15-16H2,1H3,(H,46,52)(H,50,51)/t27-,33+/m0/s1. The number of carbonyl (C=O) groups excluding carboxylic acids is 1. The molecule has 3 heterocycles. The molecule has 3 aromatic carbocycles. The van der Waals surface area contributed by atoms with Crippen LogP contribution in [-0.2, 0) is 28.4 Å². The van der Waals surface area contributed by atoms with Crippen molar-refractivity contribution in [3.05, 3.63) is 115 Å². The lowest BCUT2D eigenvalue weighted by molar-refractivity contribution is -0.140. The Morgan fingerprint density at radius 2 is 1.70 bits per heavy atom. The second kappa shape index (κ2) is 14.1. The molecule has 0 saturated carbocycles. The van der Waals surface area contributed by atoms with Gasteiger partial charge in [0.1, 0.15) is 29.5 Å². The summed E-state index contributed by atoms with van der Waals surface area (Å²) in [5.41, 5.74) is -5.76. The Bertz CT molecular complexity index is 2160. The molecular weight excluding hydrogens is 742 g/mol. The molecule has 1 saturated heterocycles. The lowest BCUT2D eigenvalue weighted by atomic mass is 9.91. The highest BCUT2D eigenvalue weighted by Gasteiger charge is 2.40. The molecule has 0 unspecified atom stereocenters. The average Bonchev–Trinajstić information content (AvgIpc) is 3.02. The molecule has 0 radical (unpaired) electrons. The maximum absolute atomic E-state index is 15.9. The Morgan fingerprint density at radius 3 is 2.34 bits per heavy atom. The molecule has 17 heteroatoms. The van der Waals surface area contributed by atoms with Crippen molar-refractivity contribution in [1.29, 1.82) is 0 Å². The van der Waals surface area contributed by atoms with Crippen molar-refractivity contribution in [2.45, 2.75) is 50.4 Å². The van der Waals surface area contributed by atoms with E-state index >= 15 is 4.39 Å². The number of fused-ring (bicyclic) bond motifs is 6. The van der Waals surface area contributed by atoms with Crippen molar-refractivity contribution >= 4 is 23.5 Å². The monoisotopic (exact) mass is 769 g/mol. The molecule has 4 bridgehead atoms. The van der Waals surface area contributed by atoms with E-state index in [1.54, 1.807) is 4.90 Å². The number of pyridine rings is 1. The van der Waals surface area contributed by atoms with E-state index in [-0.39, 0.29) is 70.9 Å². The van der Waals surface area contributed by atoms with Crippen molar-refractivity contribution in [3.8, 4) is 22.6 Å². The number of carboxylic acids is 1. The number of carbonyl (C=O) groups is 2. The molecule has 2 aliphatic rings. The highest BCUT2D eigenvalue weighted by Crippen LogP contribution is 2.44. The quantitative estimate of drug-likeness (QED) is 0.194. The summed E-state index contributed by atoms with van der Waals surface area (Å²) in [6.07, 6.45) is -12.1. The Hall–Kier alpha value is -4.96. The van der Waals surface area contributed by atoms with E-state index in [9.17, 15) is 50.2 Å². The van der Waals surface area contributed by atoms with E-state index in [0.29, 0.717) is 10.6 Å². The van der Waals surface area contributed by atoms with Crippen LogP contribution in [-0.4, -0.2) is 52.3 Å². The third-order valence-electron chi connectivity index (χ3n) is 9.04. The van der Waals surface area contributed by atoms with Crippen LogP contribution in [0.2, 0.25) is 5.02 Å². The molecule has 0 aliphatic carbocycles. The van der Waals surface area contributed by atoms with Gasteiger partial charge in [-0.15, -0.1) is 0 Å². The number of nitrogens with one attached hydrogen (secondary N) is 1. The highest BCUT2D eigenvalue weighted by molar-refractivity contribution is 6.31. The molecule has 1 amide bonds. The van der Waals surface area contributed by atoms with Gasteiger partial charge >= 0.3 is 18.3 Å². The number of rotatable bonds is 6. The summed E-state index contributed by atoms with van der Waals surface area (Å²) in [5, 5.41) is 12.1. The fraction of sp³-hybridized carbons (Fsp3) is 0.306. The van der Waals surface area contributed by atoms with Crippen LogP contribution in [0.1, 0.15) is 51.9 Å². The van der Waals surface area contributed by atoms with Gasteiger partial charge in [-0.1, -0.05) is 23.7 Å². The Morgan fingerprint density at radius 1 is 1.00 bits per heavy atom. The minimum Gasteiger partial charge on any atom is -0.481 e. The van der Waals surface area contributed by atoms with Crippen LogP contribution in [0.4, 0.5) is 35.1 Å². The van der Waals surface area contributed by atoms with Crippen molar-refractivity contribution in [2.24, 2.45) is 0 Å². The summed E-state index contributed by atoms with van der Waals surface area (Å²) in [6, 6.07) is 5.89. The topological polar surface area (TPSA) is 101 Å². The summed E-state index contributed by atoms with van der Waals surface area (Å²) in [7, 11) is 0. The fourth-order valence-corrected chi connectivity index (χ4v) is 6.88. The van der Waals surface area contributed by atoms with Gasteiger partial charge in [-0.3, -0.25) is 23.9 Å². The number of halogens is 9. The molecule has 0 spiro atoms. The van der Waals surface area contributed by atoms with Crippen LogP contribution < -0.4 is 15.6 Å². The normalized spacial score (nSPS) is 18.1. The molecule has 1 fully saturated rings. The van der Waals surface area contributed by atoms with Gasteiger partial charge in [-0.25, -0.2) is 8.78 Å². The van der Waals surface area contributed by atoms with Crippen LogP contribution in [0, 0.1) is 12.7 Å². The molecule has 8 nitrogen and oxygen atoms in total. The number of hydrogen-bond donors (Lipinski definition) is 2. The van der Waals surface area contributed by atoms with Gasteiger partial charge in [-0.2, -0.15) is 26.3 Å². The van der Waals surface area contributed by atoms with E-state index in [1.807, 2.05) is 0 Å². The number of ether oxygens (including phenoxy) is 1. The number of aryl methyl sites for hydroxylation is 1. The van der Waals surface area contributed by atoms with E-state index in [4.69, 9.17) is 16.3 Å². The minimum absolute atomic E-state index is 0.00847. The largest absolute Gasteiger partial charge is 0.481 e. The first kappa shape index (κ1) is 37.8. The summed E-state index contributed by atoms with van der Waals surface area (Å²) >= 11 is 6.30. The predicted octanol–water partition coefficient (Wildman–Crippen LogP) is 7.88. The molecule has 280 valence electrons. The number of aromatic nitrogens is 1. The predicted molar refractivity (Wildman–Crippen MR) is 175 cm³/mol. The fourth-order valence-electron chi connectivity index (χ4n) is 6.62. The lowest BCUT2D eigenvalue weighted by Crippen LogP contribution is -2.49. The molecule has 2 atom stereocenters. The molecule has 4 aromatic rings. The van der Waals surface area contributed by atoms with Crippen LogP contribution in [0.5, 0.6) is 11.5 Å². The van der Waals surface area contributed by atoms with E-state index in [2.05, 4.69) is 5.32 Å². The summed E-state index contributed by atoms with van der Waals surface area (Å²) in [4.78, 5) is 41.4. The molecular formula is C36H28ClF8N3O5. The summed E-state index contributed by atoms with van der Waals surface area (Å²) in [6.45, 7) is 1.45. The van der Waals surface area contributed by atoms with E-state index in [0.717, 1.165) is 12.3 Å². The van der Waals surface area contributed by atoms with Gasteiger partial charge in [0.15, 0.2) is 0 Å². The van der Waals surface area contributed by atoms with Crippen molar-refractivity contribution in [3.63, 3.8) is 0 Å². The van der Waals surface area contributed by atoms with E-state index < -0.39 is 82.5 Å². The molecule has 1 aromatic heterocycles. The van der Waals surface area contributed by atoms with Crippen molar-refractivity contribution in [2.75, 3.05) is 19.6 Å². The van der Waals surface area contributed by atoms with Crippen LogP contribution in [0.15, 0.2) is 65.6 Å². The first-order chi connectivity index (χ1) is 24.8. The highest BCUT2D eigenvalue weighted by atomic mass is 35.5. The number of benzene rings is 3. The lowest BCUT2D eigenvalue weighted by Gasteiger charge is -2.34. The van der Waals surface area contributed by atoms with Gasteiger partial charge in [0.25, 0.3) is 5.56 Å².